The van der Waals surface area contributed by atoms with Crippen LogP contribution in [-0.2, 0) is 5.41 Å². The molecule has 120 valence electrons. The molecular weight excluding hydrogens is 286 g/mol. The Kier molecular flexibility index (Phi) is 2.71. The highest BCUT2D eigenvalue weighted by Gasteiger charge is 2.54. The molecule has 4 aliphatic carbocycles. The molecule has 4 nitrogen and oxygen atoms in total. The van der Waals surface area contributed by atoms with E-state index in [1.165, 1.54) is 38.5 Å². The lowest BCUT2D eigenvalue weighted by molar-refractivity contribution is -0.0176. The highest BCUT2D eigenvalue weighted by Crippen LogP contribution is 2.60. The summed E-state index contributed by atoms with van der Waals surface area (Å²) in [5, 5.41) is 8.82. The van der Waals surface area contributed by atoms with Gasteiger partial charge in [0.2, 0.25) is 11.8 Å². The third-order valence-corrected chi connectivity index (χ3v) is 6.44. The summed E-state index contributed by atoms with van der Waals surface area (Å²) in [6.07, 6.45) is 8.02. The van der Waals surface area contributed by atoms with Gasteiger partial charge in [-0.2, -0.15) is 0 Å². The van der Waals surface area contributed by atoms with Crippen molar-refractivity contribution in [2.75, 3.05) is 5.73 Å². The Labute approximate surface area is 136 Å². The molecule has 2 N–H and O–H groups in total. The fraction of sp³-hybridized carbons (Fsp3) is 0.579. The average Bonchev–Trinajstić information content (AvgIpc) is 2.99. The van der Waals surface area contributed by atoms with Gasteiger partial charge in [-0.05, 0) is 80.9 Å². The van der Waals surface area contributed by atoms with Gasteiger partial charge in [-0.3, -0.25) is 0 Å². The number of aromatic nitrogens is 2. The number of aryl methyl sites for hydroxylation is 1. The first-order valence-electron chi connectivity index (χ1n) is 8.82. The lowest BCUT2D eigenvalue weighted by Crippen LogP contribution is -2.48. The Morgan fingerprint density at radius 1 is 1.04 bits per heavy atom. The topological polar surface area (TPSA) is 64.9 Å². The number of nitrogen functional groups attached to an aromatic ring is 1. The zero-order valence-electron chi connectivity index (χ0n) is 13.6. The third kappa shape index (κ3) is 2.03. The zero-order chi connectivity index (χ0) is 15.6. The van der Waals surface area contributed by atoms with Crippen molar-refractivity contribution in [3.05, 3.63) is 29.7 Å². The third-order valence-electron chi connectivity index (χ3n) is 6.44. The van der Waals surface area contributed by atoms with E-state index < -0.39 is 0 Å². The van der Waals surface area contributed by atoms with E-state index in [2.05, 4.69) is 10.2 Å². The van der Waals surface area contributed by atoms with Crippen LogP contribution in [0, 0.1) is 24.7 Å². The van der Waals surface area contributed by atoms with Crippen molar-refractivity contribution in [3.63, 3.8) is 0 Å². The van der Waals surface area contributed by atoms with Crippen LogP contribution in [0.4, 0.5) is 5.69 Å². The van der Waals surface area contributed by atoms with Crippen molar-refractivity contribution in [3.8, 4) is 11.5 Å². The van der Waals surface area contributed by atoms with Gasteiger partial charge < -0.3 is 10.2 Å². The summed E-state index contributed by atoms with van der Waals surface area (Å²) < 4.78 is 6.17. The fourth-order valence-corrected chi connectivity index (χ4v) is 5.70. The predicted molar refractivity (Wildman–Crippen MR) is 88.7 cm³/mol. The number of hydrogen-bond donors (Lipinski definition) is 1. The molecule has 0 unspecified atom stereocenters. The van der Waals surface area contributed by atoms with Crippen molar-refractivity contribution in [2.24, 2.45) is 17.8 Å². The summed E-state index contributed by atoms with van der Waals surface area (Å²) in [5.74, 6) is 4.14. The van der Waals surface area contributed by atoms with E-state index in [0.29, 0.717) is 5.89 Å². The molecule has 4 fully saturated rings. The molecule has 0 amide bonds. The highest BCUT2D eigenvalue weighted by atomic mass is 16.4. The van der Waals surface area contributed by atoms with Crippen molar-refractivity contribution < 1.29 is 4.42 Å². The molecular formula is C19H23N3O. The fourth-order valence-electron chi connectivity index (χ4n) is 5.70. The maximum Gasteiger partial charge on any atom is 0.247 e. The smallest absolute Gasteiger partial charge is 0.247 e. The maximum absolute atomic E-state index is 6.17. The van der Waals surface area contributed by atoms with Gasteiger partial charge in [-0.1, -0.05) is 6.07 Å². The molecule has 0 spiro atoms. The molecule has 0 atom stereocenters. The van der Waals surface area contributed by atoms with Crippen LogP contribution in [0.3, 0.4) is 0 Å². The average molecular weight is 309 g/mol. The van der Waals surface area contributed by atoms with Crippen LogP contribution >= 0.6 is 0 Å². The molecule has 4 heteroatoms. The summed E-state index contributed by atoms with van der Waals surface area (Å²) >= 11 is 0. The van der Waals surface area contributed by atoms with E-state index in [1.807, 2.05) is 25.1 Å². The molecule has 4 bridgehead atoms. The lowest BCUT2D eigenvalue weighted by atomic mass is 9.49. The number of nitrogens with two attached hydrogens (primary N) is 1. The molecule has 1 aromatic carbocycles. The number of rotatable bonds is 2. The maximum atomic E-state index is 6.17. The molecule has 0 saturated heterocycles. The van der Waals surface area contributed by atoms with E-state index in [4.69, 9.17) is 10.2 Å². The minimum Gasteiger partial charge on any atom is -0.420 e. The molecule has 23 heavy (non-hydrogen) atoms. The predicted octanol–water partition coefficient (Wildman–Crippen LogP) is 4.10. The van der Waals surface area contributed by atoms with Gasteiger partial charge in [0.25, 0.3) is 0 Å². The summed E-state index contributed by atoms with van der Waals surface area (Å²) in [7, 11) is 0. The molecule has 2 aromatic rings. The first-order chi connectivity index (χ1) is 11.1. The number of anilines is 1. The van der Waals surface area contributed by atoms with Gasteiger partial charge in [0, 0.05) is 16.7 Å². The van der Waals surface area contributed by atoms with Gasteiger partial charge in [-0.15, -0.1) is 10.2 Å². The van der Waals surface area contributed by atoms with Crippen LogP contribution in [0.15, 0.2) is 22.6 Å². The van der Waals surface area contributed by atoms with E-state index in [1.54, 1.807) is 0 Å². The summed E-state index contributed by atoms with van der Waals surface area (Å²) in [6, 6.07) is 5.97. The molecule has 1 aromatic heterocycles. The van der Waals surface area contributed by atoms with E-state index in [-0.39, 0.29) is 5.41 Å². The van der Waals surface area contributed by atoms with Crippen LogP contribution in [0.2, 0.25) is 0 Å². The second-order valence-electron chi connectivity index (χ2n) is 8.18. The Bertz CT molecular complexity index is 728. The molecule has 0 aliphatic heterocycles. The molecule has 4 aliphatic rings. The minimum absolute atomic E-state index is 0.163. The standard InChI is InChI=1S/C19H23N3O/c1-11-2-3-15(7-16(11)20)17-21-22-18(23-17)19-8-12-4-13(9-19)6-14(5-12)10-19/h2-3,7,12-14H,4-6,8-10,20H2,1H3. The minimum atomic E-state index is 0.163. The molecule has 4 saturated carbocycles. The van der Waals surface area contributed by atoms with Crippen LogP contribution in [0.5, 0.6) is 0 Å². The second kappa shape index (κ2) is 4.59. The summed E-state index contributed by atoms with van der Waals surface area (Å²) in [6.45, 7) is 2.01. The Morgan fingerprint density at radius 3 is 2.30 bits per heavy atom. The first kappa shape index (κ1) is 13.6. The largest absolute Gasteiger partial charge is 0.420 e. The number of hydrogen-bond acceptors (Lipinski definition) is 4. The van der Waals surface area contributed by atoms with Crippen molar-refractivity contribution in [1.82, 2.24) is 10.2 Å². The van der Waals surface area contributed by atoms with Gasteiger partial charge >= 0.3 is 0 Å². The van der Waals surface area contributed by atoms with Gasteiger partial charge in [0.1, 0.15) is 0 Å². The second-order valence-corrected chi connectivity index (χ2v) is 8.18. The molecule has 1 heterocycles. The van der Waals surface area contributed by atoms with Crippen LogP contribution in [-0.4, -0.2) is 10.2 Å². The Hall–Kier alpha value is -1.84. The zero-order valence-corrected chi connectivity index (χ0v) is 13.6. The van der Waals surface area contributed by atoms with E-state index in [0.717, 1.165) is 40.5 Å². The van der Waals surface area contributed by atoms with E-state index in [9.17, 15) is 0 Å². The van der Waals surface area contributed by atoms with Gasteiger partial charge in [0.05, 0.1) is 0 Å². The lowest BCUT2D eigenvalue weighted by Gasteiger charge is -2.55. The normalized spacial score (nSPS) is 34.9. The van der Waals surface area contributed by atoms with Crippen LogP contribution in [0.25, 0.3) is 11.5 Å². The van der Waals surface area contributed by atoms with Crippen LogP contribution in [0.1, 0.15) is 50.0 Å². The van der Waals surface area contributed by atoms with Crippen LogP contribution < -0.4 is 5.73 Å². The summed E-state index contributed by atoms with van der Waals surface area (Å²) in [4.78, 5) is 0. The summed E-state index contributed by atoms with van der Waals surface area (Å²) in [5.41, 5.74) is 8.96. The van der Waals surface area contributed by atoms with Gasteiger partial charge in [0.15, 0.2) is 0 Å². The van der Waals surface area contributed by atoms with Crippen molar-refractivity contribution >= 4 is 5.69 Å². The Balaban J connectivity index is 1.51. The quantitative estimate of drug-likeness (QED) is 0.848. The SMILES string of the molecule is Cc1ccc(-c2nnc(C34CC5CC(CC(C5)C3)C4)o2)cc1N. The Morgan fingerprint density at radius 2 is 1.70 bits per heavy atom. The van der Waals surface area contributed by atoms with E-state index >= 15 is 0 Å². The monoisotopic (exact) mass is 309 g/mol. The number of nitrogens with zero attached hydrogens (tertiary/aromatic N) is 2. The molecule has 0 radical (unpaired) electrons. The van der Waals surface area contributed by atoms with Crippen molar-refractivity contribution in [1.29, 1.82) is 0 Å². The van der Waals surface area contributed by atoms with Gasteiger partial charge in [-0.25, -0.2) is 0 Å². The first-order valence-corrected chi connectivity index (χ1v) is 8.82. The number of benzene rings is 1. The highest BCUT2D eigenvalue weighted by molar-refractivity contribution is 5.62. The van der Waals surface area contributed by atoms with Crippen molar-refractivity contribution in [2.45, 2.75) is 50.9 Å². The molecule has 6 rings (SSSR count).